The van der Waals surface area contributed by atoms with E-state index in [1.165, 1.54) is 0 Å². The van der Waals surface area contributed by atoms with Gasteiger partial charge in [-0.3, -0.25) is 4.79 Å². The van der Waals surface area contributed by atoms with Crippen LogP contribution in [-0.2, 0) is 11.3 Å². The maximum absolute atomic E-state index is 12.3. The van der Waals surface area contributed by atoms with Gasteiger partial charge in [-0.15, -0.1) is 0 Å². The van der Waals surface area contributed by atoms with E-state index in [-0.39, 0.29) is 11.8 Å². The third-order valence-electron chi connectivity index (χ3n) is 3.53. The van der Waals surface area contributed by atoms with Crippen LogP contribution in [0.25, 0.3) is 0 Å². The lowest BCUT2D eigenvalue weighted by atomic mass is 10.0. The van der Waals surface area contributed by atoms with Gasteiger partial charge in [0.15, 0.2) is 0 Å². The molecule has 3 nitrogen and oxygen atoms in total. The van der Waals surface area contributed by atoms with Gasteiger partial charge in [-0.25, -0.2) is 0 Å². The van der Waals surface area contributed by atoms with Crippen molar-refractivity contribution in [1.29, 1.82) is 0 Å². The molecule has 1 N–H and O–H groups in total. The highest BCUT2D eigenvalue weighted by atomic mass is 79.9. The molecular weight excluding hydrogens is 292 g/mol. The molecule has 4 heteroatoms. The number of nitrogens with zero attached hydrogens (tertiary/aromatic N) is 1. The Kier molecular flexibility index (Phi) is 4.40. The number of carbonyl (C=O) groups excluding carboxylic acids is 1. The number of benzene rings is 1. The van der Waals surface area contributed by atoms with E-state index in [2.05, 4.69) is 34.2 Å². The lowest BCUT2D eigenvalue weighted by molar-refractivity contribution is -0.134. The molecule has 0 saturated carbocycles. The van der Waals surface area contributed by atoms with Gasteiger partial charge in [0.1, 0.15) is 0 Å². The molecule has 18 heavy (non-hydrogen) atoms. The summed E-state index contributed by atoms with van der Waals surface area (Å²) in [6, 6.07) is 8.39. The van der Waals surface area contributed by atoms with Crippen LogP contribution in [-0.4, -0.2) is 30.4 Å². The third-order valence-corrected chi connectivity index (χ3v) is 4.02. The molecule has 1 aromatic carbocycles. The molecule has 0 aliphatic carbocycles. The number of hydrogen-bond donors (Lipinski definition) is 1. The van der Waals surface area contributed by atoms with Gasteiger partial charge >= 0.3 is 0 Å². The van der Waals surface area contributed by atoms with Gasteiger partial charge in [0.05, 0.1) is 5.92 Å². The van der Waals surface area contributed by atoms with Crippen LogP contribution in [0.3, 0.4) is 0 Å². The van der Waals surface area contributed by atoms with Crippen molar-refractivity contribution in [2.24, 2.45) is 5.92 Å². The summed E-state index contributed by atoms with van der Waals surface area (Å²) in [5.41, 5.74) is 1.15. The Morgan fingerprint density at radius 3 is 2.94 bits per heavy atom. The molecule has 1 saturated heterocycles. The molecule has 1 amide bonds. The van der Waals surface area contributed by atoms with E-state index in [9.17, 15) is 4.79 Å². The minimum atomic E-state index is 0.127. The van der Waals surface area contributed by atoms with Crippen LogP contribution in [0.2, 0.25) is 0 Å². The van der Waals surface area contributed by atoms with Crippen molar-refractivity contribution in [2.75, 3.05) is 13.6 Å². The highest BCUT2D eigenvalue weighted by Crippen LogP contribution is 2.19. The highest BCUT2D eigenvalue weighted by molar-refractivity contribution is 9.10. The number of nitrogens with one attached hydrogen (secondary N) is 1. The largest absolute Gasteiger partial charge is 0.341 e. The van der Waals surface area contributed by atoms with Crippen LogP contribution in [0.15, 0.2) is 28.7 Å². The van der Waals surface area contributed by atoms with Crippen LogP contribution in [0.5, 0.6) is 0 Å². The molecule has 0 bridgehead atoms. The summed E-state index contributed by atoms with van der Waals surface area (Å²) in [6.07, 6.45) is 0.947. The average molecular weight is 311 g/mol. The molecule has 1 aromatic rings. The van der Waals surface area contributed by atoms with Crippen LogP contribution in [0.4, 0.5) is 0 Å². The van der Waals surface area contributed by atoms with E-state index >= 15 is 0 Å². The van der Waals surface area contributed by atoms with Gasteiger partial charge in [-0.1, -0.05) is 28.1 Å². The Balaban J connectivity index is 1.99. The first-order chi connectivity index (χ1) is 8.58. The molecule has 98 valence electrons. The molecule has 0 radical (unpaired) electrons. The minimum Gasteiger partial charge on any atom is -0.341 e. The first-order valence-electron chi connectivity index (χ1n) is 6.30. The standard InChI is InChI=1S/C14H19BrN2O/c1-10-13(6-7-16-10)14(18)17(2)9-11-4-3-5-12(15)8-11/h3-5,8,10,13,16H,6-7,9H2,1-2H3. The van der Waals surface area contributed by atoms with E-state index < -0.39 is 0 Å². The van der Waals surface area contributed by atoms with E-state index in [1.54, 1.807) is 0 Å². The summed E-state index contributed by atoms with van der Waals surface area (Å²) in [6.45, 7) is 3.70. The maximum Gasteiger partial charge on any atom is 0.227 e. The smallest absolute Gasteiger partial charge is 0.227 e. The van der Waals surface area contributed by atoms with Gasteiger partial charge in [-0.05, 0) is 37.6 Å². The zero-order chi connectivity index (χ0) is 13.1. The highest BCUT2D eigenvalue weighted by Gasteiger charge is 2.31. The summed E-state index contributed by atoms with van der Waals surface area (Å²) >= 11 is 3.45. The second kappa shape index (κ2) is 5.85. The van der Waals surface area contributed by atoms with Crippen molar-refractivity contribution < 1.29 is 4.79 Å². The van der Waals surface area contributed by atoms with Gasteiger partial charge in [0, 0.05) is 24.1 Å². The Hall–Kier alpha value is -0.870. The topological polar surface area (TPSA) is 32.3 Å². The fourth-order valence-corrected chi connectivity index (χ4v) is 2.91. The fourth-order valence-electron chi connectivity index (χ4n) is 2.47. The predicted octanol–water partition coefficient (Wildman–Crippen LogP) is 2.41. The summed E-state index contributed by atoms with van der Waals surface area (Å²) in [4.78, 5) is 14.1. The minimum absolute atomic E-state index is 0.127. The van der Waals surface area contributed by atoms with E-state index in [0.29, 0.717) is 12.6 Å². The van der Waals surface area contributed by atoms with E-state index in [4.69, 9.17) is 0 Å². The van der Waals surface area contributed by atoms with E-state index in [0.717, 1.165) is 23.0 Å². The SMILES string of the molecule is CC1NCCC1C(=O)N(C)Cc1cccc(Br)c1. The van der Waals surface area contributed by atoms with Crippen molar-refractivity contribution in [2.45, 2.75) is 25.9 Å². The monoisotopic (exact) mass is 310 g/mol. The second-order valence-corrected chi connectivity index (χ2v) is 5.88. The maximum atomic E-state index is 12.3. The summed E-state index contributed by atoms with van der Waals surface area (Å²) in [5, 5.41) is 3.32. The van der Waals surface area contributed by atoms with Gasteiger partial charge < -0.3 is 10.2 Å². The number of hydrogen-bond acceptors (Lipinski definition) is 2. The lowest BCUT2D eigenvalue weighted by Gasteiger charge is -2.23. The molecule has 1 aliphatic rings. The van der Waals surface area contributed by atoms with Gasteiger partial charge in [-0.2, -0.15) is 0 Å². The van der Waals surface area contributed by atoms with Crippen LogP contribution in [0.1, 0.15) is 18.9 Å². The molecule has 2 unspecified atom stereocenters. The molecular formula is C14H19BrN2O. The Bertz CT molecular complexity index is 436. The molecule has 1 aliphatic heterocycles. The summed E-state index contributed by atoms with van der Waals surface area (Å²) in [5.74, 6) is 0.370. The van der Waals surface area contributed by atoms with Crippen molar-refractivity contribution in [3.63, 3.8) is 0 Å². The van der Waals surface area contributed by atoms with Crippen LogP contribution < -0.4 is 5.32 Å². The molecule has 2 atom stereocenters. The zero-order valence-electron chi connectivity index (χ0n) is 10.8. The molecule has 2 rings (SSSR count). The number of halogens is 1. The fraction of sp³-hybridized carbons (Fsp3) is 0.500. The number of rotatable bonds is 3. The first-order valence-corrected chi connectivity index (χ1v) is 7.10. The molecule has 0 aromatic heterocycles. The molecule has 0 spiro atoms. The Labute approximate surface area is 117 Å². The first kappa shape index (κ1) is 13.6. The average Bonchev–Trinajstić information content (AvgIpc) is 2.74. The van der Waals surface area contributed by atoms with Crippen molar-refractivity contribution in [3.8, 4) is 0 Å². The lowest BCUT2D eigenvalue weighted by Crippen LogP contribution is -2.37. The number of amides is 1. The van der Waals surface area contributed by atoms with Crippen molar-refractivity contribution >= 4 is 21.8 Å². The Morgan fingerprint density at radius 2 is 2.33 bits per heavy atom. The second-order valence-electron chi connectivity index (χ2n) is 4.96. The molecule has 1 fully saturated rings. The Morgan fingerprint density at radius 1 is 1.56 bits per heavy atom. The van der Waals surface area contributed by atoms with E-state index in [1.807, 2.05) is 30.1 Å². The van der Waals surface area contributed by atoms with Gasteiger partial charge in [0.25, 0.3) is 0 Å². The van der Waals surface area contributed by atoms with Gasteiger partial charge in [0.2, 0.25) is 5.91 Å². The normalized spacial score (nSPS) is 23.1. The van der Waals surface area contributed by atoms with Crippen molar-refractivity contribution in [3.05, 3.63) is 34.3 Å². The molecule has 1 heterocycles. The van der Waals surface area contributed by atoms with Crippen LogP contribution >= 0.6 is 15.9 Å². The predicted molar refractivity (Wildman–Crippen MR) is 76.2 cm³/mol. The summed E-state index contributed by atoms with van der Waals surface area (Å²) in [7, 11) is 1.88. The zero-order valence-corrected chi connectivity index (χ0v) is 12.4. The van der Waals surface area contributed by atoms with Crippen LogP contribution in [0, 0.1) is 5.92 Å². The number of carbonyl (C=O) groups is 1. The quantitative estimate of drug-likeness (QED) is 0.930. The van der Waals surface area contributed by atoms with Crippen molar-refractivity contribution in [1.82, 2.24) is 10.2 Å². The summed E-state index contributed by atoms with van der Waals surface area (Å²) < 4.78 is 1.05. The third kappa shape index (κ3) is 3.12.